The predicted molar refractivity (Wildman–Crippen MR) is 81.6 cm³/mol. The zero-order chi connectivity index (χ0) is 14.2. The Labute approximate surface area is 130 Å². The molecule has 0 aromatic heterocycles. The van der Waals surface area contributed by atoms with Crippen LogP contribution in [0, 0.1) is 0 Å². The number of nitrogens with two attached hydrogens (primary N) is 1. The highest BCUT2D eigenvalue weighted by molar-refractivity contribution is 9.10. The van der Waals surface area contributed by atoms with Crippen LogP contribution in [0.4, 0.5) is 5.69 Å². The number of phenolic OH excluding ortho intramolecular Hbond substituents is 1. The van der Waals surface area contributed by atoms with Gasteiger partial charge in [-0.3, -0.25) is 4.79 Å². The average molecular weight is 367 g/mol. The van der Waals surface area contributed by atoms with E-state index in [0.29, 0.717) is 0 Å². The molecule has 19 heavy (non-hydrogen) atoms. The molecule has 0 atom stereocenters. The summed E-state index contributed by atoms with van der Waals surface area (Å²) >= 11 is 15.5. The van der Waals surface area contributed by atoms with Gasteiger partial charge >= 0.3 is 0 Å². The van der Waals surface area contributed by atoms with Gasteiger partial charge in [0.25, 0.3) is 0 Å². The van der Waals surface area contributed by atoms with Crippen molar-refractivity contribution in [2.24, 2.45) is 0 Å². The van der Waals surface area contributed by atoms with Gasteiger partial charge in [0.15, 0.2) is 5.78 Å². The normalized spacial score (nSPS) is 18.3. The predicted octanol–water partition coefficient (Wildman–Crippen LogP) is 4.56. The Morgan fingerprint density at radius 3 is 2.42 bits per heavy atom. The topological polar surface area (TPSA) is 63.3 Å². The number of nitrogen functional groups attached to an aromatic ring is 1. The quantitative estimate of drug-likeness (QED) is 0.458. The molecule has 1 fully saturated rings. The fourth-order valence-corrected chi connectivity index (χ4v) is 3.63. The van der Waals surface area contributed by atoms with Gasteiger partial charge in [-0.1, -0.05) is 58.4 Å². The third-order valence-electron chi connectivity index (χ3n) is 3.50. The van der Waals surface area contributed by atoms with E-state index >= 15 is 0 Å². The Morgan fingerprint density at radius 2 is 1.84 bits per heavy atom. The number of phenols is 1. The van der Waals surface area contributed by atoms with E-state index in [9.17, 15) is 9.90 Å². The summed E-state index contributed by atoms with van der Waals surface area (Å²) in [5.41, 5.74) is 6.16. The molecule has 104 valence electrons. The molecular weight excluding hydrogens is 353 g/mol. The van der Waals surface area contributed by atoms with E-state index in [1.165, 1.54) is 6.07 Å². The van der Waals surface area contributed by atoms with E-state index < -0.39 is 4.32 Å². The molecular formula is C13H14BrCl2NO2. The zero-order valence-electron chi connectivity index (χ0n) is 10.2. The number of Topliss-reactive ketones (excluding diaryl/α,β-unsaturated/α-hetero) is 1. The van der Waals surface area contributed by atoms with Gasteiger partial charge in [-0.25, -0.2) is 0 Å². The number of anilines is 1. The van der Waals surface area contributed by atoms with Crippen LogP contribution < -0.4 is 5.73 Å². The van der Waals surface area contributed by atoms with Crippen molar-refractivity contribution in [1.82, 2.24) is 0 Å². The fraction of sp³-hybridized carbons (Fsp3) is 0.462. The van der Waals surface area contributed by atoms with Crippen LogP contribution in [0.15, 0.2) is 6.07 Å². The number of ketones is 1. The smallest absolute Gasteiger partial charge is 0.183 e. The molecule has 0 saturated heterocycles. The molecule has 1 aliphatic carbocycles. The van der Waals surface area contributed by atoms with Crippen LogP contribution in [0.3, 0.4) is 0 Å². The third-order valence-corrected chi connectivity index (χ3v) is 5.51. The molecule has 0 radical (unpaired) electrons. The highest BCUT2D eigenvalue weighted by atomic mass is 79.9. The fourth-order valence-electron chi connectivity index (χ4n) is 2.43. The number of hydrogen-bond donors (Lipinski definition) is 2. The number of alkyl halides is 1. The van der Waals surface area contributed by atoms with Crippen molar-refractivity contribution in [2.75, 3.05) is 5.73 Å². The summed E-state index contributed by atoms with van der Waals surface area (Å²) in [4.78, 5) is 12.7. The molecule has 3 N–H and O–H groups in total. The van der Waals surface area contributed by atoms with Crippen LogP contribution in [0.5, 0.6) is 5.75 Å². The maximum absolute atomic E-state index is 12.7. The Kier molecular flexibility index (Phi) is 4.33. The molecule has 0 amide bonds. The van der Waals surface area contributed by atoms with E-state index in [2.05, 4.69) is 15.9 Å². The molecule has 0 unspecified atom stereocenters. The van der Waals surface area contributed by atoms with Gasteiger partial charge < -0.3 is 10.8 Å². The molecule has 2 rings (SSSR count). The van der Waals surface area contributed by atoms with E-state index in [4.69, 9.17) is 28.9 Å². The first-order valence-corrected chi connectivity index (χ1v) is 7.62. The first-order chi connectivity index (χ1) is 8.87. The van der Waals surface area contributed by atoms with Crippen LogP contribution in [-0.2, 0) is 0 Å². The summed E-state index contributed by atoms with van der Waals surface area (Å²) in [7, 11) is 0. The van der Waals surface area contributed by atoms with Gasteiger partial charge in [0.1, 0.15) is 10.8 Å². The van der Waals surface area contributed by atoms with Gasteiger partial charge in [-0.05, 0) is 12.8 Å². The average Bonchev–Trinajstić information content (AvgIpc) is 2.37. The molecule has 6 heteroatoms. The van der Waals surface area contributed by atoms with Crippen molar-refractivity contribution < 1.29 is 9.90 Å². The number of aromatic hydroxyl groups is 1. The molecule has 1 saturated carbocycles. The largest absolute Gasteiger partial charge is 0.506 e. The van der Waals surface area contributed by atoms with Crippen LogP contribution in [0.25, 0.3) is 0 Å². The van der Waals surface area contributed by atoms with Gasteiger partial charge in [-0.2, -0.15) is 0 Å². The second-order valence-corrected chi connectivity index (χ2v) is 7.12. The Hall–Kier alpha value is -0.450. The lowest BCUT2D eigenvalue weighted by molar-refractivity contribution is 0.0924. The maximum Gasteiger partial charge on any atom is 0.183 e. The Bertz CT molecular complexity index is 528. The van der Waals surface area contributed by atoms with Crippen molar-refractivity contribution in [2.45, 2.75) is 36.4 Å². The minimum Gasteiger partial charge on any atom is -0.506 e. The number of halogens is 3. The monoisotopic (exact) mass is 365 g/mol. The van der Waals surface area contributed by atoms with Crippen molar-refractivity contribution in [3.8, 4) is 5.75 Å². The number of carbonyl (C=O) groups is 1. The summed E-state index contributed by atoms with van der Waals surface area (Å²) in [6.45, 7) is 0. The minimum absolute atomic E-state index is 0.0218. The lowest BCUT2D eigenvalue weighted by atomic mass is 9.83. The third kappa shape index (κ3) is 2.71. The van der Waals surface area contributed by atoms with Crippen LogP contribution in [0.2, 0.25) is 10.0 Å². The van der Waals surface area contributed by atoms with Crippen LogP contribution in [0.1, 0.15) is 42.5 Å². The number of carbonyl (C=O) groups excluding carboxylic acids is 1. The SMILES string of the molecule is Nc1cc(O)c(Cl)c(Cl)c1C(=O)C1(Br)CCCCC1. The minimum atomic E-state index is -0.622. The summed E-state index contributed by atoms with van der Waals surface area (Å²) in [5, 5.41) is 9.53. The standard InChI is InChI=1S/C13H14BrCl2NO2/c14-13(4-2-1-3-5-13)12(19)9-7(17)6-8(18)10(15)11(9)16/h6,18H,1-5,17H2. The number of benzene rings is 1. The van der Waals surface area contributed by atoms with Crippen LogP contribution in [-0.4, -0.2) is 15.2 Å². The number of hydrogen-bond acceptors (Lipinski definition) is 3. The van der Waals surface area contributed by atoms with Gasteiger partial charge in [0, 0.05) is 11.8 Å². The molecule has 1 aromatic rings. The van der Waals surface area contributed by atoms with Crippen molar-refractivity contribution in [1.29, 1.82) is 0 Å². The number of rotatable bonds is 2. The van der Waals surface area contributed by atoms with Gasteiger partial charge in [0.05, 0.1) is 14.9 Å². The van der Waals surface area contributed by atoms with E-state index in [-0.39, 0.29) is 32.8 Å². The summed E-state index contributed by atoms with van der Waals surface area (Å²) in [6.07, 6.45) is 4.60. The molecule has 0 aliphatic heterocycles. The molecule has 3 nitrogen and oxygen atoms in total. The molecule has 1 aliphatic rings. The molecule has 0 spiro atoms. The summed E-state index contributed by atoms with van der Waals surface area (Å²) in [5.74, 6) is -0.371. The van der Waals surface area contributed by atoms with Gasteiger partial charge in [-0.15, -0.1) is 0 Å². The Morgan fingerprint density at radius 1 is 1.26 bits per heavy atom. The van der Waals surface area contributed by atoms with E-state index in [1.807, 2.05) is 0 Å². The lowest BCUT2D eigenvalue weighted by Gasteiger charge is -2.30. The summed E-state index contributed by atoms with van der Waals surface area (Å²) in [6, 6.07) is 1.26. The van der Waals surface area contributed by atoms with Gasteiger partial charge in [0.2, 0.25) is 0 Å². The zero-order valence-corrected chi connectivity index (χ0v) is 13.3. The first-order valence-electron chi connectivity index (χ1n) is 6.07. The van der Waals surface area contributed by atoms with E-state index in [0.717, 1.165) is 32.1 Å². The Balaban J connectivity index is 2.47. The van der Waals surface area contributed by atoms with Crippen molar-refractivity contribution >= 4 is 50.6 Å². The molecule has 0 heterocycles. The summed E-state index contributed by atoms with van der Waals surface area (Å²) < 4.78 is -0.622. The second kappa shape index (κ2) is 5.51. The van der Waals surface area contributed by atoms with Crippen molar-refractivity contribution in [3.63, 3.8) is 0 Å². The first kappa shape index (κ1) is 14.9. The highest BCUT2D eigenvalue weighted by Gasteiger charge is 2.39. The highest BCUT2D eigenvalue weighted by Crippen LogP contribution is 2.44. The van der Waals surface area contributed by atoms with Crippen molar-refractivity contribution in [3.05, 3.63) is 21.7 Å². The molecule has 0 bridgehead atoms. The second-order valence-electron chi connectivity index (χ2n) is 4.84. The van der Waals surface area contributed by atoms with Crippen LogP contribution >= 0.6 is 39.1 Å². The molecule has 1 aromatic carbocycles. The lowest BCUT2D eigenvalue weighted by Crippen LogP contribution is -2.35. The maximum atomic E-state index is 12.7. The van der Waals surface area contributed by atoms with E-state index in [1.54, 1.807) is 0 Å².